The van der Waals surface area contributed by atoms with E-state index in [0.29, 0.717) is 26.2 Å². The highest BCUT2D eigenvalue weighted by Crippen LogP contribution is 2.08. The van der Waals surface area contributed by atoms with Gasteiger partial charge in [-0.25, -0.2) is 0 Å². The Bertz CT molecular complexity index is 198. The van der Waals surface area contributed by atoms with Crippen LogP contribution >= 0.6 is 0 Å². The first kappa shape index (κ1) is 11.4. The van der Waals surface area contributed by atoms with Gasteiger partial charge in [0.25, 0.3) is 0 Å². The number of morpholine rings is 1. The summed E-state index contributed by atoms with van der Waals surface area (Å²) >= 11 is 0. The predicted molar refractivity (Wildman–Crippen MR) is 51.7 cm³/mol. The molecule has 0 saturated carbocycles. The van der Waals surface area contributed by atoms with E-state index < -0.39 is 6.04 Å². The van der Waals surface area contributed by atoms with Crippen molar-refractivity contribution in [2.24, 2.45) is 5.73 Å². The van der Waals surface area contributed by atoms with Crippen molar-refractivity contribution in [1.29, 1.82) is 0 Å². The summed E-state index contributed by atoms with van der Waals surface area (Å²) in [5.41, 5.74) is 5.65. The molecule has 5 heteroatoms. The summed E-state index contributed by atoms with van der Waals surface area (Å²) in [7, 11) is 0. The first-order valence-electron chi connectivity index (χ1n) is 4.95. The zero-order valence-corrected chi connectivity index (χ0v) is 8.48. The molecule has 1 unspecified atom stereocenters. The van der Waals surface area contributed by atoms with E-state index in [2.05, 4.69) is 0 Å². The molecule has 1 aliphatic heterocycles. The number of ether oxygens (including phenoxy) is 1. The van der Waals surface area contributed by atoms with Crippen LogP contribution in [0.3, 0.4) is 0 Å². The van der Waals surface area contributed by atoms with Crippen LogP contribution < -0.4 is 5.73 Å². The maximum Gasteiger partial charge on any atom is 0.239 e. The minimum atomic E-state index is -0.456. The SMILES string of the molecule is CC[C@@H](N)C(=O)N1CCOCC1CO. The number of aliphatic hydroxyl groups excluding tert-OH is 1. The first-order chi connectivity index (χ1) is 6.70. The van der Waals surface area contributed by atoms with Gasteiger partial charge in [0.05, 0.1) is 31.9 Å². The summed E-state index contributed by atoms with van der Waals surface area (Å²) in [5, 5.41) is 9.05. The topological polar surface area (TPSA) is 75.8 Å². The van der Waals surface area contributed by atoms with Gasteiger partial charge in [0.15, 0.2) is 0 Å². The minimum Gasteiger partial charge on any atom is -0.394 e. The highest BCUT2D eigenvalue weighted by Gasteiger charge is 2.29. The molecule has 1 rings (SSSR count). The van der Waals surface area contributed by atoms with Gasteiger partial charge in [-0.15, -0.1) is 0 Å². The molecule has 0 aromatic heterocycles. The fourth-order valence-corrected chi connectivity index (χ4v) is 1.48. The summed E-state index contributed by atoms with van der Waals surface area (Å²) in [5.74, 6) is -0.0881. The van der Waals surface area contributed by atoms with E-state index in [9.17, 15) is 4.79 Å². The highest BCUT2D eigenvalue weighted by atomic mass is 16.5. The molecular formula is C9H18N2O3. The standard InChI is InChI=1S/C9H18N2O3/c1-2-8(10)9(13)11-3-4-14-6-7(11)5-12/h7-8,12H,2-6,10H2,1H3/t7?,8-/m1/s1. The lowest BCUT2D eigenvalue weighted by molar-refractivity contribution is -0.143. The average molecular weight is 202 g/mol. The predicted octanol–water partition coefficient (Wildman–Crippen LogP) is -1.06. The molecule has 0 aliphatic carbocycles. The Morgan fingerprint density at radius 3 is 3.07 bits per heavy atom. The summed E-state index contributed by atoms with van der Waals surface area (Å²) < 4.78 is 5.17. The number of hydrogen-bond acceptors (Lipinski definition) is 4. The Hall–Kier alpha value is -0.650. The van der Waals surface area contributed by atoms with Gasteiger partial charge in [-0.3, -0.25) is 4.79 Å². The second-order valence-corrected chi connectivity index (χ2v) is 3.46. The van der Waals surface area contributed by atoms with Gasteiger partial charge in [-0.2, -0.15) is 0 Å². The van der Waals surface area contributed by atoms with Crippen LogP contribution in [0, 0.1) is 0 Å². The Morgan fingerprint density at radius 2 is 2.50 bits per heavy atom. The van der Waals surface area contributed by atoms with Crippen molar-refractivity contribution in [2.45, 2.75) is 25.4 Å². The number of aliphatic hydroxyl groups is 1. The van der Waals surface area contributed by atoms with E-state index in [1.54, 1.807) is 4.90 Å². The molecule has 2 atom stereocenters. The fourth-order valence-electron chi connectivity index (χ4n) is 1.48. The van der Waals surface area contributed by atoms with Crippen LogP contribution in [0.15, 0.2) is 0 Å². The Balaban J connectivity index is 2.58. The molecule has 1 aliphatic rings. The number of hydrogen-bond donors (Lipinski definition) is 2. The molecule has 1 fully saturated rings. The molecule has 0 spiro atoms. The molecule has 3 N–H and O–H groups in total. The Labute approximate surface area is 83.8 Å². The molecule has 0 bridgehead atoms. The zero-order valence-electron chi connectivity index (χ0n) is 8.48. The molecule has 0 radical (unpaired) electrons. The van der Waals surface area contributed by atoms with Crippen LogP contribution in [0.2, 0.25) is 0 Å². The van der Waals surface area contributed by atoms with Crippen LogP contribution in [-0.2, 0) is 9.53 Å². The van der Waals surface area contributed by atoms with Gasteiger partial charge >= 0.3 is 0 Å². The summed E-state index contributed by atoms with van der Waals surface area (Å²) in [6.45, 7) is 3.26. The van der Waals surface area contributed by atoms with Crippen LogP contribution in [0.5, 0.6) is 0 Å². The largest absolute Gasteiger partial charge is 0.394 e. The van der Waals surface area contributed by atoms with Crippen molar-refractivity contribution in [2.75, 3.05) is 26.4 Å². The van der Waals surface area contributed by atoms with Crippen LogP contribution in [0.4, 0.5) is 0 Å². The number of carbonyl (C=O) groups excluding carboxylic acids is 1. The Morgan fingerprint density at radius 1 is 1.79 bits per heavy atom. The molecular weight excluding hydrogens is 184 g/mol. The maximum atomic E-state index is 11.7. The third kappa shape index (κ3) is 2.43. The molecule has 1 amide bonds. The molecule has 82 valence electrons. The van der Waals surface area contributed by atoms with Crippen LogP contribution in [0.1, 0.15) is 13.3 Å². The molecule has 5 nitrogen and oxygen atoms in total. The number of nitrogens with zero attached hydrogens (tertiary/aromatic N) is 1. The van der Waals surface area contributed by atoms with Crippen molar-refractivity contribution in [3.8, 4) is 0 Å². The molecule has 1 heterocycles. The third-order valence-corrected chi connectivity index (χ3v) is 2.48. The highest BCUT2D eigenvalue weighted by molar-refractivity contribution is 5.82. The van der Waals surface area contributed by atoms with E-state index in [4.69, 9.17) is 15.6 Å². The average Bonchev–Trinajstić information content (AvgIpc) is 2.26. The first-order valence-corrected chi connectivity index (χ1v) is 4.95. The maximum absolute atomic E-state index is 11.7. The summed E-state index contributed by atoms with van der Waals surface area (Å²) in [6.07, 6.45) is 0.619. The second kappa shape index (κ2) is 5.29. The van der Waals surface area contributed by atoms with Gasteiger partial charge in [-0.05, 0) is 6.42 Å². The zero-order chi connectivity index (χ0) is 10.6. The minimum absolute atomic E-state index is 0.0673. The molecule has 0 aromatic carbocycles. The molecule has 14 heavy (non-hydrogen) atoms. The second-order valence-electron chi connectivity index (χ2n) is 3.46. The van der Waals surface area contributed by atoms with E-state index in [1.807, 2.05) is 6.92 Å². The smallest absolute Gasteiger partial charge is 0.239 e. The molecule has 1 saturated heterocycles. The quantitative estimate of drug-likeness (QED) is 0.612. The van der Waals surface area contributed by atoms with Gasteiger partial charge in [-0.1, -0.05) is 6.92 Å². The van der Waals surface area contributed by atoms with Crippen molar-refractivity contribution in [3.05, 3.63) is 0 Å². The van der Waals surface area contributed by atoms with Crippen LogP contribution in [0.25, 0.3) is 0 Å². The van der Waals surface area contributed by atoms with Gasteiger partial charge in [0.2, 0.25) is 5.91 Å². The summed E-state index contributed by atoms with van der Waals surface area (Å²) in [4.78, 5) is 13.4. The van der Waals surface area contributed by atoms with Crippen molar-refractivity contribution in [1.82, 2.24) is 4.90 Å². The van der Waals surface area contributed by atoms with E-state index in [-0.39, 0.29) is 18.6 Å². The number of carbonyl (C=O) groups is 1. The lowest BCUT2D eigenvalue weighted by atomic mass is 10.1. The van der Waals surface area contributed by atoms with E-state index >= 15 is 0 Å². The number of rotatable bonds is 3. The van der Waals surface area contributed by atoms with Crippen molar-refractivity contribution >= 4 is 5.91 Å². The van der Waals surface area contributed by atoms with Crippen molar-refractivity contribution in [3.63, 3.8) is 0 Å². The fraction of sp³-hybridized carbons (Fsp3) is 0.889. The lowest BCUT2D eigenvalue weighted by Crippen LogP contribution is -2.55. The molecule has 0 aromatic rings. The van der Waals surface area contributed by atoms with Crippen LogP contribution in [-0.4, -0.2) is 54.4 Å². The monoisotopic (exact) mass is 202 g/mol. The summed E-state index contributed by atoms with van der Waals surface area (Å²) in [6, 6.07) is -0.684. The van der Waals surface area contributed by atoms with E-state index in [1.165, 1.54) is 0 Å². The van der Waals surface area contributed by atoms with Gasteiger partial charge in [0.1, 0.15) is 0 Å². The normalized spacial score (nSPS) is 24.8. The van der Waals surface area contributed by atoms with Crippen molar-refractivity contribution < 1.29 is 14.6 Å². The lowest BCUT2D eigenvalue weighted by Gasteiger charge is -2.35. The van der Waals surface area contributed by atoms with Gasteiger partial charge < -0.3 is 20.5 Å². The van der Waals surface area contributed by atoms with Gasteiger partial charge in [0, 0.05) is 6.54 Å². The third-order valence-electron chi connectivity index (χ3n) is 2.48. The number of amides is 1. The van der Waals surface area contributed by atoms with E-state index in [0.717, 1.165) is 0 Å². The Kier molecular flexibility index (Phi) is 4.31. The number of nitrogens with two attached hydrogens (primary N) is 1.